The van der Waals surface area contributed by atoms with Crippen LogP contribution in [0.1, 0.15) is 39.5 Å². The fourth-order valence-electron chi connectivity index (χ4n) is 4.54. The average molecular weight is 426 g/mol. The van der Waals surface area contributed by atoms with Gasteiger partial charge in [0.25, 0.3) is 0 Å². The zero-order chi connectivity index (χ0) is 20.4. The van der Waals surface area contributed by atoms with E-state index in [1.54, 1.807) is 0 Å². The summed E-state index contributed by atoms with van der Waals surface area (Å²) >= 11 is 1.94. The summed E-state index contributed by atoms with van der Waals surface area (Å²) in [5.41, 5.74) is 8.15. The minimum absolute atomic E-state index is 0.00554. The third kappa shape index (κ3) is 4.87. The Morgan fingerprint density at radius 2 is 2.24 bits per heavy atom. The monoisotopic (exact) mass is 425 g/mol. The van der Waals surface area contributed by atoms with Crippen LogP contribution in [0.4, 0.5) is 4.79 Å². The highest BCUT2D eigenvalue weighted by molar-refractivity contribution is 8.00. The van der Waals surface area contributed by atoms with E-state index in [9.17, 15) is 4.79 Å². The van der Waals surface area contributed by atoms with Crippen molar-refractivity contribution in [2.24, 2.45) is 5.11 Å². The Morgan fingerprint density at radius 3 is 3.07 bits per heavy atom. The normalized spacial score (nSPS) is 37.7. The van der Waals surface area contributed by atoms with E-state index in [1.165, 1.54) is 0 Å². The summed E-state index contributed by atoms with van der Waals surface area (Å²) in [5.74, 6) is 0.437. The van der Waals surface area contributed by atoms with Gasteiger partial charge in [-0.25, -0.2) is 10.3 Å². The van der Waals surface area contributed by atoms with Crippen LogP contribution in [0.25, 0.3) is 0 Å². The molecular weight excluding hydrogens is 394 g/mol. The van der Waals surface area contributed by atoms with Crippen molar-refractivity contribution in [3.63, 3.8) is 0 Å². The van der Waals surface area contributed by atoms with Crippen LogP contribution in [0.15, 0.2) is 17.0 Å². The first-order valence-corrected chi connectivity index (χ1v) is 11.5. The summed E-state index contributed by atoms with van der Waals surface area (Å²) in [6.45, 7) is 5.01. The molecule has 4 aliphatic heterocycles. The van der Waals surface area contributed by atoms with Gasteiger partial charge >= 0.3 is 6.03 Å². The van der Waals surface area contributed by atoms with Crippen molar-refractivity contribution in [3.8, 4) is 0 Å². The molecule has 0 aromatic heterocycles. The van der Waals surface area contributed by atoms with Crippen molar-refractivity contribution in [1.29, 1.82) is 5.53 Å². The molecule has 6 atom stereocenters. The molecule has 10 heteroatoms. The second kappa shape index (κ2) is 8.79. The van der Waals surface area contributed by atoms with Gasteiger partial charge in [0.15, 0.2) is 5.79 Å². The van der Waals surface area contributed by atoms with Gasteiger partial charge in [-0.1, -0.05) is 6.42 Å². The number of amides is 2. The van der Waals surface area contributed by atoms with E-state index in [4.69, 9.17) is 19.7 Å². The van der Waals surface area contributed by atoms with Crippen LogP contribution < -0.4 is 16.0 Å². The molecule has 4 heterocycles. The summed E-state index contributed by atoms with van der Waals surface area (Å²) in [7, 11) is 0. The number of thioether (sulfide) groups is 1. The standard InChI is InChI=1S/C19H31N5O4S/c1-19(2)27-14-9-26-13(17(14)28-19)8-21-7-11(24-20)5-3-4-6-15-16-12(10-29-15)22-18(25)23-16/h7,12-17,20-21H,3-6,8-10H2,1-2H3,(H2,22,23,25)/b11-7-,24-20?/t12-,13-,14+,15-,16-,17-/m0/s1. The number of unbranched alkanes of at least 4 members (excludes halogenated alkanes) is 1. The zero-order valence-electron chi connectivity index (χ0n) is 17.0. The van der Waals surface area contributed by atoms with Crippen LogP contribution in [-0.4, -0.2) is 66.4 Å². The average Bonchev–Trinajstić information content (AvgIpc) is 3.38. The first-order chi connectivity index (χ1) is 13.9. The second-order valence-corrected chi connectivity index (χ2v) is 9.81. The highest BCUT2D eigenvalue weighted by Gasteiger charge is 2.49. The minimum atomic E-state index is -0.552. The Morgan fingerprint density at radius 1 is 1.38 bits per heavy atom. The number of nitrogens with one attached hydrogen (secondary N) is 4. The van der Waals surface area contributed by atoms with Gasteiger partial charge in [0, 0.05) is 23.7 Å². The lowest BCUT2D eigenvalue weighted by atomic mass is 10.0. The van der Waals surface area contributed by atoms with E-state index in [1.807, 2.05) is 31.8 Å². The zero-order valence-corrected chi connectivity index (χ0v) is 17.8. The van der Waals surface area contributed by atoms with Crippen molar-refractivity contribution in [2.45, 2.75) is 81.0 Å². The van der Waals surface area contributed by atoms with E-state index in [-0.39, 0.29) is 36.4 Å². The fraction of sp³-hybridized carbons (Fsp3) is 0.842. The van der Waals surface area contributed by atoms with Crippen LogP contribution >= 0.6 is 11.8 Å². The van der Waals surface area contributed by atoms with Crippen molar-refractivity contribution in [3.05, 3.63) is 11.9 Å². The lowest BCUT2D eigenvalue weighted by Crippen LogP contribution is -2.36. The van der Waals surface area contributed by atoms with Crippen LogP contribution in [-0.2, 0) is 14.2 Å². The molecule has 29 heavy (non-hydrogen) atoms. The fourth-order valence-corrected chi connectivity index (χ4v) is 6.09. The quantitative estimate of drug-likeness (QED) is 0.255. The molecule has 0 bridgehead atoms. The Bertz CT molecular complexity index is 661. The topological polar surface area (TPSA) is 117 Å². The Labute approximate surface area is 175 Å². The molecule has 9 nitrogen and oxygen atoms in total. The number of urea groups is 1. The van der Waals surface area contributed by atoms with E-state index in [0.29, 0.717) is 18.4 Å². The summed E-state index contributed by atoms with van der Waals surface area (Å²) in [6, 6.07) is 0.495. The predicted octanol–water partition coefficient (Wildman–Crippen LogP) is 2.09. The molecular formula is C19H31N5O4S. The third-order valence-electron chi connectivity index (χ3n) is 5.90. The predicted molar refractivity (Wildman–Crippen MR) is 109 cm³/mol. The summed E-state index contributed by atoms with van der Waals surface area (Å²) < 4.78 is 17.5. The Kier molecular flexibility index (Phi) is 6.33. The number of hydrogen-bond acceptors (Lipinski definition) is 8. The molecule has 0 spiro atoms. The molecule has 4 fully saturated rings. The lowest BCUT2D eigenvalue weighted by Gasteiger charge is -2.21. The maximum absolute atomic E-state index is 11.4. The number of nitrogens with zero attached hydrogens (tertiary/aromatic N) is 1. The SMILES string of the molecule is CC1(C)O[C@H]2[C@H](CN/C=C(/CCCC[C@@H]3SC[C@@H]4NC(=O)N[C@@H]43)N=N)OC[C@H]2O1. The molecule has 0 unspecified atom stereocenters. The maximum atomic E-state index is 11.4. The molecule has 4 N–H and O–H groups in total. The molecule has 0 aliphatic carbocycles. The van der Waals surface area contributed by atoms with Gasteiger partial charge in [-0.2, -0.15) is 16.9 Å². The van der Waals surface area contributed by atoms with E-state index in [2.05, 4.69) is 21.1 Å². The third-order valence-corrected chi connectivity index (χ3v) is 7.41. The van der Waals surface area contributed by atoms with E-state index in [0.717, 1.165) is 37.1 Å². The first-order valence-electron chi connectivity index (χ1n) is 10.4. The molecule has 162 valence electrons. The lowest BCUT2D eigenvalue weighted by molar-refractivity contribution is -0.174. The molecule has 2 amide bonds. The van der Waals surface area contributed by atoms with Crippen LogP contribution in [0.5, 0.6) is 0 Å². The molecule has 4 aliphatic rings. The van der Waals surface area contributed by atoms with Gasteiger partial charge in [0.2, 0.25) is 0 Å². The molecule has 4 saturated heterocycles. The highest BCUT2D eigenvalue weighted by Crippen LogP contribution is 2.35. The first kappa shape index (κ1) is 20.9. The van der Waals surface area contributed by atoms with Gasteiger partial charge < -0.3 is 30.2 Å². The minimum Gasteiger partial charge on any atom is -0.387 e. The van der Waals surface area contributed by atoms with Crippen LogP contribution in [0.3, 0.4) is 0 Å². The highest BCUT2D eigenvalue weighted by atomic mass is 32.2. The molecule has 0 aromatic rings. The molecule has 0 radical (unpaired) electrons. The number of rotatable bonds is 9. The number of hydrogen-bond donors (Lipinski definition) is 4. The number of carbonyl (C=O) groups excluding carboxylic acids is 1. The van der Waals surface area contributed by atoms with Gasteiger partial charge in [0.05, 0.1) is 24.4 Å². The summed E-state index contributed by atoms with van der Waals surface area (Å²) in [6.07, 6.45) is 5.55. The van der Waals surface area contributed by atoms with Crippen molar-refractivity contribution < 1.29 is 19.0 Å². The van der Waals surface area contributed by atoms with Gasteiger partial charge in [-0.15, -0.1) is 0 Å². The number of ether oxygens (including phenoxy) is 3. The summed E-state index contributed by atoms with van der Waals surface area (Å²) in [4.78, 5) is 11.4. The second-order valence-electron chi connectivity index (χ2n) is 8.53. The van der Waals surface area contributed by atoms with Crippen molar-refractivity contribution in [2.75, 3.05) is 18.9 Å². The molecule has 4 rings (SSSR count). The summed E-state index contributed by atoms with van der Waals surface area (Å²) in [5, 5.41) is 13.4. The molecule has 0 saturated carbocycles. The van der Waals surface area contributed by atoms with E-state index < -0.39 is 5.79 Å². The van der Waals surface area contributed by atoms with Gasteiger partial charge in [-0.05, 0) is 33.1 Å². The smallest absolute Gasteiger partial charge is 0.315 e. The van der Waals surface area contributed by atoms with Crippen LogP contribution in [0, 0.1) is 5.53 Å². The Hall–Kier alpha value is -1.36. The number of carbonyl (C=O) groups is 1. The van der Waals surface area contributed by atoms with Crippen LogP contribution in [0.2, 0.25) is 0 Å². The van der Waals surface area contributed by atoms with E-state index >= 15 is 0 Å². The van der Waals surface area contributed by atoms with Gasteiger partial charge in [-0.3, -0.25) is 0 Å². The number of fused-ring (bicyclic) bond motifs is 2. The van der Waals surface area contributed by atoms with Gasteiger partial charge in [0.1, 0.15) is 18.3 Å². The van der Waals surface area contributed by atoms with Crippen molar-refractivity contribution in [1.82, 2.24) is 16.0 Å². The maximum Gasteiger partial charge on any atom is 0.315 e. The van der Waals surface area contributed by atoms with Crippen molar-refractivity contribution >= 4 is 17.8 Å². The molecule has 0 aromatic carbocycles. The Balaban J connectivity index is 1.15. The largest absolute Gasteiger partial charge is 0.387 e. The number of allylic oxidation sites excluding steroid dienone is 1.